The van der Waals surface area contributed by atoms with Gasteiger partial charge < -0.3 is 15.8 Å². The predicted octanol–water partition coefficient (Wildman–Crippen LogP) is 1.15. The molecule has 1 amide bonds. The average molecular weight is 230 g/mol. The lowest BCUT2D eigenvalue weighted by molar-refractivity contribution is -0.122. The number of nitrogens with one attached hydrogen (secondary N) is 1. The van der Waals surface area contributed by atoms with Crippen molar-refractivity contribution in [3.05, 3.63) is 0 Å². The Morgan fingerprint density at radius 3 is 2.44 bits per heavy atom. The summed E-state index contributed by atoms with van der Waals surface area (Å²) in [6, 6.07) is 0.102. The van der Waals surface area contributed by atoms with Crippen LogP contribution < -0.4 is 11.1 Å². The zero-order valence-corrected chi connectivity index (χ0v) is 11.0. The third kappa shape index (κ3) is 6.80. The van der Waals surface area contributed by atoms with E-state index in [1.165, 1.54) is 0 Å². The average Bonchev–Trinajstić information content (AvgIpc) is 2.25. The highest BCUT2D eigenvalue weighted by Gasteiger charge is 2.16. The highest BCUT2D eigenvalue weighted by Crippen LogP contribution is 2.06. The lowest BCUT2D eigenvalue weighted by atomic mass is 10.0. The zero-order valence-electron chi connectivity index (χ0n) is 11.0. The first-order valence-corrected chi connectivity index (χ1v) is 5.99. The molecule has 0 aromatic rings. The predicted molar refractivity (Wildman–Crippen MR) is 66.1 cm³/mol. The van der Waals surface area contributed by atoms with Crippen molar-refractivity contribution in [2.45, 2.75) is 39.7 Å². The van der Waals surface area contributed by atoms with Gasteiger partial charge in [0.25, 0.3) is 0 Å². The topological polar surface area (TPSA) is 64.3 Å². The van der Waals surface area contributed by atoms with Crippen molar-refractivity contribution in [3.8, 4) is 0 Å². The first-order chi connectivity index (χ1) is 7.51. The minimum atomic E-state index is 0.0936. The summed E-state index contributed by atoms with van der Waals surface area (Å²) in [7, 11) is 1.65. The van der Waals surface area contributed by atoms with Gasteiger partial charge in [0.05, 0.1) is 12.6 Å². The van der Waals surface area contributed by atoms with Crippen LogP contribution >= 0.6 is 0 Å². The molecule has 0 heterocycles. The molecule has 3 N–H and O–H groups in total. The van der Waals surface area contributed by atoms with Gasteiger partial charge in [0.15, 0.2) is 0 Å². The lowest BCUT2D eigenvalue weighted by Gasteiger charge is -2.21. The van der Waals surface area contributed by atoms with Gasteiger partial charge in [0.1, 0.15) is 0 Å². The Bertz CT molecular complexity index is 195. The molecule has 0 rings (SSSR count). The molecule has 0 aliphatic rings. The molecule has 2 unspecified atom stereocenters. The second-order valence-electron chi connectivity index (χ2n) is 4.75. The number of rotatable bonds is 8. The van der Waals surface area contributed by atoms with Crippen LogP contribution in [0.15, 0.2) is 0 Å². The monoisotopic (exact) mass is 230 g/mol. The summed E-state index contributed by atoms with van der Waals surface area (Å²) in [5, 5.41) is 2.99. The standard InChI is InChI=1S/C12H26N2O2/c1-9(2)11(8-16-4)14-12(15)6-5-10(3)7-13/h9-11H,5-8,13H2,1-4H3,(H,14,15). The smallest absolute Gasteiger partial charge is 0.220 e. The van der Waals surface area contributed by atoms with Crippen LogP contribution in [0.2, 0.25) is 0 Å². The quantitative estimate of drug-likeness (QED) is 0.657. The molecule has 0 saturated heterocycles. The van der Waals surface area contributed by atoms with Crippen LogP contribution in [0.4, 0.5) is 0 Å². The van der Waals surface area contributed by atoms with Gasteiger partial charge in [-0.2, -0.15) is 0 Å². The summed E-state index contributed by atoms with van der Waals surface area (Å²) in [5.41, 5.74) is 5.50. The fourth-order valence-corrected chi connectivity index (χ4v) is 1.35. The summed E-state index contributed by atoms with van der Waals surface area (Å²) in [5.74, 6) is 0.887. The lowest BCUT2D eigenvalue weighted by Crippen LogP contribution is -2.41. The highest BCUT2D eigenvalue weighted by molar-refractivity contribution is 5.76. The molecular formula is C12H26N2O2. The van der Waals surface area contributed by atoms with Gasteiger partial charge >= 0.3 is 0 Å². The molecule has 0 saturated carbocycles. The summed E-state index contributed by atoms with van der Waals surface area (Å²) in [4.78, 5) is 11.6. The van der Waals surface area contributed by atoms with E-state index in [0.29, 0.717) is 31.4 Å². The maximum absolute atomic E-state index is 11.6. The van der Waals surface area contributed by atoms with Gasteiger partial charge in [0.2, 0.25) is 5.91 Å². The van der Waals surface area contributed by atoms with E-state index >= 15 is 0 Å². The fourth-order valence-electron chi connectivity index (χ4n) is 1.35. The van der Waals surface area contributed by atoms with E-state index in [-0.39, 0.29) is 11.9 Å². The van der Waals surface area contributed by atoms with Crippen LogP contribution in [0.25, 0.3) is 0 Å². The van der Waals surface area contributed by atoms with E-state index in [9.17, 15) is 4.79 Å². The zero-order chi connectivity index (χ0) is 12.6. The maximum Gasteiger partial charge on any atom is 0.220 e. The first kappa shape index (κ1) is 15.4. The van der Waals surface area contributed by atoms with E-state index in [2.05, 4.69) is 26.1 Å². The minimum absolute atomic E-state index is 0.0936. The Hall–Kier alpha value is -0.610. The van der Waals surface area contributed by atoms with E-state index in [4.69, 9.17) is 10.5 Å². The van der Waals surface area contributed by atoms with Crippen molar-refractivity contribution >= 4 is 5.91 Å². The van der Waals surface area contributed by atoms with Crippen LogP contribution in [-0.2, 0) is 9.53 Å². The summed E-state index contributed by atoms with van der Waals surface area (Å²) in [6.07, 6.45) is 1.39. The van der Waals surface area contributed by atoms with Crippen molar-refractivity contribution in [1.82, 2.24) is 5.32 Å². The largest absolute Gasteiger partial charge is 0.383 e. The van der Waals surface area contributed by atoms with Gasteiger partial charge in [-0.05, 0) is 24.8 Å². The van der Waals surface area contributed by atoms with Crippen LogP contribution in [0.1, 0.15) is 33.6 Å². The SMILES string of the molecule is COCC(NC(=O)CCC(C)CN)C(C)C. The molecule has 0 spiro atoms. The Morgan fingerprint density at radius 2 is 2.00 bits per heavy atom. The number of nitrogens with two attached hydrogens (primary N) is 1. The number of hydrogen-bond donors (Lipinski definition) is 2. The summed E-state index contributed by atoms with van der Waals surface area (Å²) >= 11 is 0. The maximum atomic E-state index is 11.6. The number of methoxy groups -OCH3 is 1. The number of carbonyl (C=O) groups excluding carboxylic acids is 1. The molecule has 96 valence electrons. The van der Waals surface area contributed by atoms with E-state index in [0.717, 1.165) is 6.42 Å². The number of amides is 1. The van der Waals surface area contributed by atoms with Gasteiger partial charge in [-0.15, -0.1) is 0 Å². The Morgan fingerprint density at radius 1 is 1.38 bits per heavy atom. The molecule has 4 heteroatoms. The van der Waals surface area contributed by atoms with Crippen LogP contribution in [0, 0.1) is 11.8 Å². The van der Waals surface area contributed by atoms with E-state index in [1.807, 2.05) is 0 Å². The molecular weight excluding hydrogens is 204 g/mol. The summed E-state index contributed by atoms with van der Waals surface area (Å²) in [6.45, 7) is 7.41. The van der Waals surface area contributed by atoms with Crippen LogP contribution in [0.5, 0.6) is 0 Å². The van der Waals surface area contributed by atoms with Crippen molar-refractivity contribution in [1.29, 1.82) is 0 Å². The normalized spacial score (nSPS) is 14.9. The fraction of sp³-hybridized carbons (Fsp3) is 0.917. The Labute approximate surface area is 98.9 Å². The molecule has 0 aliphatic carbocycles. The van der Waals surface area contributed by atoms with Crippen molar-refractivity contribution in [2.24, 2.45) is 17.6 Å². The molecule has 0 radical (unpaired) electrons. The Kier molecular flexibility index (Phi) is 8.21. The van der Waals surface area contributed by atoms with Crippen molar-refractivity contribution in [3.63, 3.8) is 0 Å². The molecule has 0 fully saturated rings. The molecule has 0 aromatic heterocycles. The highest BCUT2D eigenvalue weighted by atomic mass is 16.5. The van der Waals surface area contributed by atoms with Crippen LogP contribution in [0.3, 0.4) is 0 Å². The van der Waals surface area contributed by atoms with Gasteiger partial charge in [0, 0.05) is 13.5 Å². The molecule has 0 aromatic carbocycles. The summed E-state index contributed by atoms with van der Waals surface area (Å²) < 4.78 is 5.08. The third-order valence-electron chi connectivity index (χ3n) is 2.76. The third-order valence-corrected chi connectivity index (χ3v) is 2.76. The first-order valence-electron chi connectivity index (χ1n) is 5.99. The molecule has 4 nitrogen and oxygen atoms in total. The van der Waals surface area contributed by atoms with Crippen molar-refractivity contribution in [2.75, 3.05) is 20.3 Å². The molecule has 0 aliphatic heterocycles. The van der Waals surface area contributed by atoms with E-state index < -0.39 is 0 Å². The second-order valence-corrected chi connectivity index (χ2v) is 4.75. The molecule has 0 bridgehead atoms. The molecule has 16 heavy (non-hydrogen) atoms. The van der Waals surface area contributed by atoms with Gasteiger partial charge in [-0.3, -0.25) is 4.79 Å². The van der Waals surface area contributed by atoms with Gasteiger partial charge in [-0.1, -0.05) is 20.8 Å². The number of hydrogen-bond acceptors (Lipinski definition) is 3. The minimum Gasteiger partial charge on any atom is -0.383 e. The number of carbonyl (C=O) groups is 1. The Balaban J connectivity index is 3.90. The van der Waals surface area contributed by atoms with E-state index in [1.54, 1.807) is 7.11 Å². The number of ether oxygens (including phenoxy) is 1. The van der Waals surface area contributed by atoms with Crippen LogP contribution in [-0.4, -0.2) is 32.2 Å². The second kappa shape index (κ2) is 8.53. The van der Waals surface area contributed by atoms with Gasteiger partial charge in [-0.25, -0.2) is 0 Å². The molecule has 2 atom stereocenters. The van der Waals surface area contributed by atoms with Crippen molar-refractivity contribution < 1.29 is 9.53 Å².